The maximum atomic E-state index is 13.3. The molecule has 2 fully saturated rings. The molecule has 1 unspecified atom stereocenters. The lowest BCUT2D eigenvalue weighted by Gasteiger charge is -2.51. The fraction of sp³-hybridized carbons (Fsp3) is 0.763. The molecule has 3 aliphatic rings. The topological polar surface area (TPSA) is 177 Å². The molecule has 0 aromatic heterocycles. The first-order valence-electron chi connectivity index (χ1n) is 18.4. The fourth-order valence-electron chi connectivity index (χ4n) is 6.55. The van der Waals surface area contributed by atoms with Crippen LogP contribution in [-0.2, 0) is 47.5 Å². The number of hydrogen-bond donors (Lipinski definition) is 3. The van der Waals surface area contributed by atoms with Gasteiger partial charge in [0, 0.05) is 44.0 Å². The van der Waals surface area contributed by atoms with E-state index < -0.39 is 66.4 Å². The van der Waals surface area contributed by atoms with Crippen LogP contribution in [0, 0.1) is 5.41 Å². The van der Waals surface area contributed by atoms with Gasteiger partial charge in [-0.15, -0.1) is 6.58 Å². The lowest BCUT2D eigenvalue weighted by atomic mass is 9.74. The number of rotatable bonds is 11. The van der Waals surface area contributed by atoms with Gasteiger partial charge in [0.05, 0.1) is 44.6 Å². The van der Waals surface area contributed by atoms with Crippen molar-refractivity contribution in [1.29, 1.82) is 0 Å². The monoisotopic (exact) mass is 724 g/mol. The Morgan fingerprint density at radius 2 is 1.76 bits per heavy atom. The number of aliphatic hydroxyl groups excluding tert-OH is 2. The van der Waals surface area contributed by atoms with Crippen LogP contribution in [0.5, 0.6) is 0 Å². The lowest BCUT2D eigenvalue weighted by molar-refractivity contribution is -0.327. The van der Waals surface area contributed by atoms with Gasteiger partial charge in [0.1, 0.15) is 6.10 Å². The summed E-state index contributed by atoms with van der Waals surface area (Å²) < 4.78 is 41.0. The molecule has 0 spiro atoms. The summed E-state index contributed by atoms with van der Waals surface area (Å²) in [5, 5.41) is 33.3. The molecule has 3 rings (SSSR count). The van der Waals surface area contributed by atoms with Crippen molar-refractivity contribution >= 4 is 17.9 Å². The maximum Gasteiger partial charge on any atom is 0.330 e. The Kier molecular flexibility index (Phi) is 17.7. The number of ether oxygens (including phenoxy) is 7. The summed E-state index contributed by atoms with van der Waals surface area (Å²) >= 11 is 0. The molecule has 0 aliphatic carbocycles. The third-order valence-corrected chi connectivity index (χ3v) is 9.55. The zero-order valence-corrected chi connectivity index (χ0v) is 30.8. The standard InChI is InChI=1S/C38H60O13/c1-6-8-9-10-11-13-32(41)50-36-26(21-33(42)45-5)20-30-24-31(25-39)47-34(43)22-27(40)15-18-46-19-16-29-23-28(12-7-2)48-35(49-29)14-17-37(3,4)38(36,44)51-30/h7,14,17,21,27-31,35-36,39-40,44H,2,6,8-13,15-16,18-20,22-25H2,1,3-5H3/b17-14+,26-21+/t27-,28+,29-,30+,31?,35+,36+,38-/m1/s1. The summed E-state index contributed by atoms with van der Waals surface area (Å²) in [4.78, 5) is 38.7. The smallest absolute Gasteiger partial charge is 0.330 e. The van der Waals surface area contributed by atoms with Gasteiger partial charge in [-0.05, 0) is 43.8 Å². The van der Waals surface area contributed by atoms with E-state index in [9.17, 15) is 29.7 Å². The van der Waals surface area contributed by atoms with Gasteiger partial charge in [0.25, 0.3) is 0 Å². The number of carbonyl (C=O) groups excluding carboxylic acids is 3. The molecular weight excluding hydrogens is 664 g/mol. The summed E-state index contributed by atoms with van der Waals surface area (Å²) in [5.74, 6) is -4.29. The van der Waals surface area contributed by atoms with Crippen molar-refractivity contribution < 1.29 is 62.9 Å². The van der Waals surface area contributed by atoms with Crippen LogP contribution < -0.4 is 0 Å². The van der Waals surface area contributed by atoms with Crippen molar-refractivity contribution in [3.05, 3.63) is 36.5 Å². The van der Waals surface area contributed by atoms with Crippen LogP contribution in [0.2, 0.25) is 0 Å². The molecule has 3 aliphatic heterocycles. The highest BCUT2D eigenvalue weighted by Crippen LogP contribution is 2.47. The highest BCUT2D eigenvalue weighted by Gasteiger charge is 2.57. The molecule has 0 amide bonds. The number of aliphatic hydroxyl groups is 3. The SMILES string of the molecule is C=CC[C@H]1C[C@H]2CCOCC[C@@H](O)CC(=O)OC(CO)C[C@@H]3C/C(=C\C(=O)OC)[C@H](OC(=O)CCCCCCC)[C@@](O)(O3)C(C)(C)/C=C/[C@H](O2)O1. The van der Waals surface area contributed by atoms with Crippen molar-refractivity contribution in [2.45, 2.75) is 153 Å². The molecule has 13 heteroatoms. The minimum atomic E-state index is -2.27. The van der Waals surface area contributed by atoms with E-state index in [0.29, 0.717) is 32.3 Å². The lowest BCUT2D eigenvalue weighted by Crippen LogP contribution is -2.62. The van der Waals surface area contributed by atoms with Gasteiger partial charge >= 0.3 is 17.9 Å². The summed E-state index contributed by atoms with van der Waals surface area (Å²) in [7, 11) is 1.21. The van der Waals surface area contributed by atoms with Gasteiger partial charge in [-0.2, -0.15) is 0 Å². The van der Waals surface area contributed by atoms with E-state index in [2.05, 4.69) is 13.5 Å². The Labute approximate surface area is 302 Å². The van der Waals surface area contributed by atoms with E-state index >= 15 is 0 Å². The normalized spacial score (nSPS) is 33.7. The average molecular weight is 725 g/mol. The number of fused-ring (bicyclic) bond motifs is 4. The molecule has 0 aromatic rings. The molecule has 51 heavy (non-hydrogen) atoms. The zero-order valence-electron chi connectivity index (χ0n) is 30.8. The van der Waals surface area contributed by atoms with Gasteiger partial charge in [-0.3, -0.25) is 9.59 Å². The number of unbranched alkanes of at least 4 members (excludes halogenated alkanes) is 4. The molecule has 2 saturated heterocycles. The van der Waals surface area contributed by atoms with Crippen molar-refractivity contribution in [1.82, 2.24) is 0 Å². The van der Waals surface area contributed by atoms with E-state index in [1.54, 1.807) is 32.1 Å². The number of esters is 3. The van der Waals surface area contributed by atoms with Gasteiger partial charge in [-0.1, -0.05) is 58.6 Å². The van der Waals surface area contributed by atoms with Crippen LogP contribution in [0.1, 0.15) is 104 Å². The number of cyclic esters (lactones) is 1. The molecule has 8 atom stereocenters. The molecular formula is C38H60O13. The van der Waals surface area contributed by atoms with E-state index in [1.807, 2.05) is 0 Å². The summed E-state index contributed by atoms with van der Waals surface area (Å²) in [6, 6.07) is 0. The molecule has 4 bridgehead atoms. The van der Waals surface area contributed by atoms with Crippen molar-refractivity contribution in [2.75, 3.05) is 26.9 Å². The minimum absolute atomic E-state index is 0.0145. The van der Waals surface area contributed by atoms with E-state index in [1.165, 1.54) is 13.2 Å². The Balaban J connectivity index is 2.04. The Hall–Kier alpha value is -2.65. The molecule has 0 aromatic carbocycles. The second-order valence-electron chi connectivity index (χ2n) is 14.2. The number of methoxy groups -OCH3 is 1. The van der Waals surface area contributed by atoms with Crippen molar-refractivity contribution in [3.8, 4) is 0 Å². The van der Waals surface area contributed by atoms with Crippen molar-refractivity contribution in [2.24, 2.45) is 5.41 Å². The Bertz CT molecular complexity index is 1180. The van der Waals surface area contributed by atoms with Crippen LogP contribution in [0.25, 0.3) is 0 Å². The number of hydrogen-bond acceptors (Lipinski definition) is 13. The average Bonchev–Trinajstić information content (AvgIpc) is 3.08. The fourth-order valence-corrected chi connectivity index (χ4v) is 6.55. The summed E-state index contributed by atoms with van der Waals surface area (Å²) in [6.45, 7) is 9.35. The molecule has 3 heterocycles. The first-order chi connectivity index (χ1) is 24.3. The van der Waals surface area contributed by atoms with Gasteiger partial charge < -0.3 is 48.5 Å². The first-order valence-corrected chi connectivity index (χ1v) is 18.4. The molecule has 3 N–H and O–H groups in total. The molecule has 0 saturated carbocycles. The zero-order chi connectivity index (χ0) is 37.4. The quantitative estimate of drug-likeness (QED) is 0.0902. The molecule has 0 radical (unpaired) electrons. The minimum Gasteiger partial charge on any atom is -0.466 e. The third kappa shape index (κ3) is 13.4. The second-order valence-corrected chi connectivity index (χ2v) is 14.2. The molecule has 13 nitrogen and oxygen atoms in total. The predicted octanol–water partition coefficient (Wildman–Crippen LogP) is 4.35. The van der Waals surface area contributed by atoms with Crippen molar-refractivity contribution in [3.63, 3.8) is 0 Å². The van der Waals surface area contributed by atoms with Crippen LogP contribution >= 0.6 is 0 Å². The van der Waals surface area contributed by atoms with Gasteiger partial charge in [-0.25, -0.2) is 4.79 Å². The van der Waals surface area contributed by atoms with Crippen LogP contribution in [-0.4, -0.2) is 109 Å². The Morgan fingerprint density at radius 3 is 2.47 bits per heavy atom. The number of carbonyl (C=O) groups is 3. The molecule has 290 valence electrons. The maximum absolute atomic E-state index is 13.3. The second kappa shape index (κ2) is 21.2. The third-order valence-electron chi connectivity index (χ3n) is 9.55. The van der Waals surface area contributed by atoms with Gasteiger partial charge in [0.15, 0.2) is 12.4 Å². The van der Waals surface area contributed by atoms with Crippen LogP contribution in [0.15, 0.2) is 36.5 Å². The van der Waals surface area contributed by atoms with Gasteiger partial charge in [0.2, 0.25) is 5.79 Å². The van der Waals surface area contributed by atoms with E-state index in [-0.39, 0.29) is 56.5 Å². The summed E-state index contributed by atoms with van der Waals surface area (Å²) in [5.41, 5.74) is -1.08. The van der Waals surface area contributed by atoms with E-state index in [4.69, 9.17) is 33.2 Å². The Morgan fingerprint density at radius 1 is 1.04 bits per heavy atom. The summed E-state index contributed by atoms with van der Waals surface area (Å²) in [6.07, 6.45) is 6.85. The van der Waals surface area contributed by atoms with Crippen LogP contribution in [0.3, 0.4) is 0 Å². The first kappa shape index (κ1) is 42.8. The largest absolute Gasteiger partial charge is 0.466 e. The van der Waals surface area contributed by atoms with E-state index in [0.717, 1.165) is 25.7 Å². The highest BCUT2D eigenvalue weighted by molar-refractivity contribution is 5.83. The predicted molar refractivity (Wildman–Crippen MR) is 186 cm³/mol. The van der Waals surface area contributed by atoms with Crippen LogP contribution in [0.4, 0.5) is 0 Å². The highest BCUT2D eigenvalue weighted by atomic mass is 16.7.